The first kappa shape index (κ1) is 18.7. The van der Waals surface area contributed by atoms with Gasteiger partial charge >= 0.3 is 6.03 Å². The Morgan fingerprint density at radius 1 is 1.00 bits per heavy atom. The van der Waals surface area contributed by atoms with Gasteiger partial charge in [-0.1, -0.05) is 36.8 Å². The molecular weight excluding hydrogens is 354 g/mol. The first-order valence-electron chi connectivity index (χ1n) is 10.3. The number of piperidine rings is 1. The Morgan fingerprint density at radius 2 is 1.79 bits per heavy atom. The van der Waals surface area contributed by atoms with Crippen molar-refractivity contribution in [3.63, 3.8) is 0 Å². The number of carbonyl (C=O) groups excluding carboxylic acids is 2. The number of nitrogens with one attached hydrogen (secondary N) is 1. The van der Waals surface area contributed by atoms with Crippen molar-refractivity contribution in [2.75, 3.05) is 13.1 Å². The number of likely N-dealkylation sites (tertiary alicyclic amines) is 1. The Labute approximate surface area is 165 Å². The molecule has 2 aliphatic rings. The third kappa shape index (κ3) is 4.08. The molecule has 2 aromatic rings. The number of fused-ring (bicyclic) bond motifs is 1. The first-order valence-corrected chi connectivity index (χ1v) is 10.3. The first-order chi connectivity index (χ1) is 13.7. The molecule has 3 heterocycles. The zero-order valence-electron chi connectivity index (χ0n) is 16.1. The zero-order chi connectivity index (χ0) is 19.3. The molecule has 7 nitrogen and oxygen atoms in total. The van der Waals surface area contributed by atoms with Crippen LogP contribution in [0, 0.1) is 5.92 Å². The maximum absolute atomic E-state index is 12.6. The highest BCUT2D eigenvalue weighted by Crippen LogP contribution is 2.22. The minimum absolute atomic E-state index is 0.00119. The van der Waals surface area contributed by atoms with Gasteiger partial charge in [-0.2, -0.15) is 0 Å². The van der Waals surface area contributed by atoms with Crippen molar-refractivity contribution in [1.29, 1.82) is 0 Å². The number of hydrogen-bond acceptors (Lipinski definition) is 4. The number of Topliss-reactive ketones (excluding diaryl/α,β-unsaturated/α-hetero) is 1. The van der Waals surface area contributed by atoms with Crippen LogP contribution in [0.4, 0.5) is 4.79 Å². The van der Waals surface area contributed by atoms with Gasteiger partial charge in [0.2, 0.25) is 0 Å². The molecule has 7 heteroatoms. The summed E-state index contributed by atoms with van der Waals surface area (Å²) < 4.78 is 2.15. The normalized spacial score (nSPS) is 17.6. The van der Waals surface area contributed by atoms with Crippen LogP contribution >= 0.6 is 0 Å². The van der Waals surface area contributed by atoms with Crippen LogP contribution < -0.4 is 5.32 Å². The molecular formula is C21H27N5O2. The van der Waals surface area contributed by atoms with E-state index < -0.39 is 0 Å². The fourth-order valence-electron chi connectivity index (χ4n) is 4.13. The Bertz CT molecular complexity index is 825. The summed E-state index contributed by atoms with van der Waals surface area (Å²) in [6.45, 7) is 2.54. The van der Waals surface area contributed by atoms with Crippen LogP contribution in [0.25, 0.3) is 0 Å². The molecule has 1 aromatic heterocycles. The summed E-state index contributed by atoms with van der Waals surface area (Å²) in [7, 11) is 0. The van der Waals surface area contributed by atoms with Gasteiger partial charge in [0, 0.05) is 37.5 Å². The zero-order valence-corrected chi connectivity index (χ0v) is 16.1. The van der Waals surface area contributed by atoms with E-state index >= 15 is 0 Å². The van der Waals surface area contributed by atoms with Crippen molar-refractivity contribution >= 4 is 11.8 Å². The van der Waals surface area contributed by atoms with Gasteiger partial charge in [0.15, 0.2) is 11.6 Å². The number of benzene rings is 1. The smallest absolute Gasteiger partial charge is 0.317 e. The van der Waals surface area contributed by atoms with E-state index in [9.17, 15) is 9.59 Å². The quantitative estimate of drug-likeness (QED) is 0.826. The molecule has 2 aliphatic heterocycles. The molecule has 4 rings (SSSR count). The molecule has 0 unspecified atom stereocenters. The minimum Gasteiger partial charge on any atom is -0.331 e. The van der Waals surface area contributed by atoms with E-state index in [2.05, 4.69) is 20.1 Å². The minimum atomic E-state index is -0.0865. The topological polar surface area (TPSA) is 80.1 Å². The molecule has 0 radical (unpaired) electrons. The van der Waals surface area contributed by atoms with E-state index in [0.29, 0.717) is 32.5 Å². The van der Waals surface area contributed by atoms with Gasteiger partial charge in [0.1, 0.15) is 5.82 Å². The number of aromatic nitrogens is 3. The molecule has 1 aromatic carbocycles. The third-order valence-corrected chi connectivity index (χ3v) is 5.80. The summed E-state index contributed by atoms with van der Waals surface area (Å²) in [5, 5.41) is 11.5. The van der Waals surface area contributed by atoms with Crippen LogP contribution in [0.5, 0.6) is 0 Å². The van der Waals surface area contributed by atoms with Crippen LogP contribution in [0.3, 0.4) is 0 Å². The number of urea groups is 1. The lowest BCUT2D eigenvalue weighted by Gasteiger charge is -2.31. The fraction of sp³-hybridized carbons (Fsp3) is 0.524. The molecule has 1 fully saturated rings. The van der Waals surface area contributed by atoms with Gasteiger partial charge < -0.3 is 14.8 Å². The average molecular weight is 381 g/mol. The van der Waals surface area contributed by atoms with Gasteiger partial charge in [-0.05, 0) is 25.7 Å². The molecule has 2 amide bonds. The van der Waals surface area contributed by atoms with E-state index in [4.69, 9.17) is 0 Å². The van der Waals surface area contributed by atoms with Crippen LogP contribution in [0.2, 0.25) is 0 Å². The standard InChI is InChI=1S/C21H27N5O2/c27-20(16-7-3-1-4-8-16)17-10-13-25(14-11-17)21(28)22-15-19-24-23-18-9-5-2-6-12-26(18)19/h1,3-4,7-8,17H,2,5-6,9-15H2,(H,22,28). The summed E-state index contributed by atoms with van der Waals surface area (Å²) in [6.07, 6.45) is 5.88. The van der Waals surface area contributed by atoms with E-state index in [-0.39, 0.29) is 17.7 Å². The van der Waals surface area contributed by atoms with Crippen molar-refractivity contribution in [2.45, 2.75) is 51.6 Å². The Morgan fingerprint density at radius 3 is 2.57 bits per heavy atom. The molecule has 1 N–H and O–H groups in total. The van der Waals surface area contributed by atoms with Crippen LogP contribution in [-0.2, 0) is 19.5 Å². The number of hydrogen-bond donors (Lipinski definition) is 1. The third-order valence-electron chi connectivity index (χ3n) is 5.80. The summed E-state index contributed by atoms with van der Waals surface area (Å²) in [5.74, 6) is 2.05. The number of aryl methyl sites for hydroxylation is 1. The van der Waals surface area contributed by atoms with E-state index in [1.54, 1.807) is 4.90 Å². The van der Waals surface area contributed by atoms with E-state index in [1.165, 1.54) is 6.42 Å². The summed E-state index contributed by atoms with van der Waals surface area (Å²) in [4.78, 5) is 26.9. The van der Waals surface area contributed by atoms with Crippen molar-refractivity contribution in [1.82, 2.24) is 25.0 Å². The summed E-state index contributed by atoms with van der Waals surface area (Å²) in [6, 6.07) is 9.34. The van der Waals surface area contributed by atoms with Gasteiger partial charge in [-0.15, -0.1) is 10.2 Å². The predicted molar refractivity (Wildman–Crippen MR) is 105 cm³/mol. The van der Waals surface area contributed by atoms with Gasteiger partial charge in [-0.3, -0.25) is 4.79 Å². The van der Waals surface area contributed by atoms with Crippen LogP contribution in [0.1, 0.15) is 54.1 Å². The molecule has 0 aliphatic carbocycles. The van der Waals surface area contributed by atoms with Crippen LogP contribution in [-0.4, -0.2) is 44.6 Å². The Hall–Kier alpha value is -2.70. The van der Waals surface area contributed by atoms with E-state index in [0.717, 1.165) is 43.0 Å². The lowest BCUT2D eigenvalue weighted by Crippen LogP contribution is -2.45. The highest BCUT2D eigenvalue weighted by Gasteiger charge is 2.28. The predicted octanol–water partition coefficient (Wildman–Crippen LogP) is 2.81. The largest absolute Gasteiger partial charge is 0.331 e. The molecule has 0 saturated carbocycles. The number of ketones is 1. The summed E-state index contributed by atoms with van der Waals surface area (Å²) in [5.41, 5.74) is 0.762. The van der Waals surface area contributed by atoms with Gasteiger partial charge in [0.25, 0.3) is 0 Å². The lowest BCUT2D eigenvalue weighted by atomic mass is 9.89. The van der Waals surface area contributed by atoms with Crippen molar-refractivity contribution < 1.29 is 9.59 Å². The second-order valence-electron chi connectivity index (χ2n) is 7.65. The summed E-state index contributed by atoms with van der Waals surface area (Å²) >= 11 is 0. The Balaban J connectivity index is 1.28. The van der Waals surface area contributed by atoms with Crippen LogP contribution in [0.15, 0.2) is 30.3 Å². The number of rotatable bonds is 4. The number of carbonyl (C=O) groups is 2. The monoisotopic (exact) mass is 381 g/mol. The molecule has 0 spiro atoms. The van der Waals surface area contributed by atoms with Gasteiger partial charge in [0.05, 0.1) is 6.54 Å². The number of amides is 2. The van der Waals surface area contributed by atoms with Crippen molar-refractivity contribution in [2.24, 2.45) is 5.92 Å². The van der Waals surface area contributed by atoms with Crippen molar-refractivity contribution in [3.05, 3.63) is 47.5 Å². The molecule has 1 saturated heterocycles. The second-order valence-corrected chi connectivity index (χ2v) is 7.65. The second kappa shape index (κ2) is 8.54. The van der Waals surface area contributed by atoms with E-state index in [1.807, 2.05) is 30.3 Å². The Kier molecular flexibility index (Phi) is 5.69. The van der Waals surface area contributed by atoms with Crippen molar-refractivity contribution in [3.8, 4) is 0 Å². The van der Waals surface area contributed by atoms with Gasteiger partial charge in [-0.25, -0.2) is 4.79 Å². The highest BCUT2D eigenvalue weighted by molar-refractivity contribution is 5.97. The number of nitrogens with zero attached hydrogens (tertiary/aromatic N) is 4. The SMILES string of the molecule is O=C(c1ccccc1)C1CCN(C(=O)NCc2nnc3n2CCCCC3)CC1. The molecule has 148 valence electrons. The average Bonchev–Trinajstić information content (AvgIpc) is 2.98. The maximum Gasteiger partial charge on any atom is 0.317 e. The highest BCUT2D eigenvalue weighted by atomic mass is 16.2. The molecule has 28 heavy (non-hydrogen) atoms. The molecule has 0 bridgehead atoms. The maximum atomic E-state index is 12.6. The molecule has 0 atom stereocenters. The lowest BCUT2D eigenvalue weighted by molar-refractivity contribution is 0.0854. The fourth-order valence-corrected chi connectivity index (χ4v) is 4.13.